The van der Waals surface area contributed by atoms with Gasteiger partial charge >= 0.3 is 0 Å². The van der Waals surface area contributed by atoms with Crippen LogP contribution >= 0.6 is 15.9 Å². The quantitative estimate of drug-likeness (QED) is 0.912. The van der Waals surface area contributed by atoms with Gasteiger partial charge in [-0.1, -0.05) is 40.2 Å². The summed E-state index contributed by atoms with van der Waals surface area (Å²) in [6.45, 7) is 0. The Balaban J connectivity index is 2.28. The number of hydrogen-bond acceptors (Lipinski definition) is 1. The van der Waals surface area contributed by atoms with Crippen molar-refractivity contribution < 1.29 is 8.78 Å². The molecule has 0 aliphatic heterocycles. The normalized spacial score (nSPS) is 12.4. The average molecular weight is 312 g/mol. The molecule has 0 bridgehead atoms. The number of hydrogen-bond donors (Lipinski definition) is 1. The van der Waals surface area contributed by atoms with Gasteiger partial charge in [-0.05, 0) is 30.2 Å². The highest BCUT2D eigenvalue weighted by molar-refractivity contribution is 9.10. The van der Waals surface area contributed by atoms with E-state index in [-0.39, 0.29) is 5.56 Å². The maximum atomic E-state index is 13.6. The standard InChI is InChI=1S/C14H12BrF2N/c15-10-5-2-1-4-9(10)8-13(18)14-11(16)6-3-7-12(14)17/h1-7,13H,8,18H2. The fourth-order valence-electron chi connectivity index (χ4n) is 1.87. The van der Waals surface area contributed by atoms with E-state index in [1.807, 2.05) is 24.3 Å². The van der Waals surface area contributed by atoms with E-state index >= 15 is 0 Å². The molecule has 18 heavy (non-hydrogen) atoms. The van der Waals surface area contributed by atoms with Gasteiger partial charge in [0.1, 0.15) is 11.6 Å². The molecule has 0 aliphatic rings. The Morgan fingerprint density at radius 2 is 1.61 bits per heavy atom. The number of halogens is 3. The lowest BCUT2D eigenvalue weighted by Gasteiger charge is -2.14. The van der Waals surface area contributed by atoms with E-state index in [9.17, 15) is 8.78 Å². The largest absolute Gasteiger partial charge is 0.323 e. The summed E-state index contributed by atoms with van der Waals surface area (Å²) in [5, 5.41) is 0. The SMILES string of the molecule is NC(Cc1ccccc1Br)c1c(F)cccc1F. The van der Waals surface area contributed by atoms with Crippen LogP contribution in [0.25, 0.3) is 0 Å². The van der Waals surface area contributed by atoms with Crippen LogP contribution < -0.4 is 5.73 Å². The highest BCUT2D eigenvalue weighted by atomic mass is 79.9. The molecule has 2 aromatic rings. The summed E-state index contributed by atoms with van der Waals surface area (Å²) in [7, 11) is 0. The topological polar surface area (TPSA) is 26.0 Å². The molecule has 0 fully saturated rings. The first-order valence-corrected chi connectivity index (χ1v) is 6.32. The van der Waals surface area contributed by atoms with Gasteiger partial charge in [0.25, 0.3) is 0 Å². The van der Waals surface area contributed by atoms with Crippen LogP contribution in [0, 0.1) is 11.6 Å². The lowest BCUT2D eigenvalue weighted by Crippen LogP contribution is -2.17. The third kappa shape index (κ3) is 2.76. The van der Waals surface area contributed by atoms with Crippen molar-refractivity contribution in [3.05, 3.63) is 69.7 Å². The number of nitrogens with two attached hydrogens (primary N) is 1. The predicted octanol–water partition coefficient (Wildman–Crippen LogP) is 3.97. The minimum Gasteiger partial charge on any atom is -0.323 e. The second kappa shape index (κ2) is 5.59. The van der Waals surface area contributed by atoms with Crippen molar-refractivity contribution in [3.8, 4) is 0 Å². The van der Waals surface area contributed by atoms with Gasteiger partial charge in [-0.15, -0.1) is 0 Å². The molecule has 94 valence electrons. The predicted molar refractivity (Wildman–Crippen MR) is 71.1 cm³/mol. The zero-order valence-electron chi connectivity index (χ0n) is 9.54. The first-order valence-electron chi connectivity index (χ1n) is 5.52. The Morgan fingerprint density at radius 3 is 2.22 bits per heavy atom. The Bertz CT molecular complexity index is 537. The molecule has 0 saturated heterocycles. The van der Waals surface area contributed by atoms with Crippen molar-refractivity contribution in [2.45, 2.75) is 12.5 Å². The van der Waals surface area contributed by atoms with Crippen molar-refractivity contribution in [2.24, 2.45) is 5.73 Å². The summed E-state index contributed by atoms with van der Waals surface area (Å²) in [5.41, 5.74) is 6.76. The van der Waals surface area contributed by atoms with Gasteiger partial charge in [0.05, 0.1) is 0 Å². The average Bonchev–Trinajstić information content (AvgIpc) is 2.32. The van der Waals surface area contributed by atoms with Crippen LogP contribution in [0.3, 0.4) is 0 Å². The first-order chi connectivity index (χ1) is 8.59. The fourth-order valence-corrected chi connectivity index (χ4v) is 2.31. The maximum Gasteiger partial charge on any atom is 0.130 e. The Morgan fingerprint density at radius 1 is 1.00 bits per heavy atom. The molecular weight excluding hydrogens is 300 g/mol. The Kier molecular flexibility index (Phi) is 4.09. The number of rotatable bonds is 3. The molecule has 2 aromatic carbocycles. The van der Waals surface area contributed by atoms with Gasteiger partial charge in [0.2, 0.25) is 0 Å². The lowest BCUT2D eigenvalue weighted by molar-refractivity contribution is 0.524. The third-order valence-electron chi connectivity index (χ3n) is 2.77. The van der Waals surface area contributed by atoms with E-state index in [4.69, 9.17) is 5.73 Å². The zero-order valence-corrected chi connectivity index (χ0v) is 11.1. The molecular formula is C14H12BrF2N. The smallest absolute Gasteiger partial charge is 0.130 e. The zero-order chi connectivity index (χ0) is 13.1. The van der Waals surface area contributed by atoms with Gasteiger partial charge in [0.15, 0.2) is 0 Å². The molecule has 0 aromatic heterocycles. The van der Waals surface area contributed by atoms with E-state index in [0.717, 1.165) is 10.0 Å². The molecule has 1 nitrogen and oxygen atoms in total. The highest BCUT2D eigenvalue weighted by Crippen LogP contribution is 2.25. The van der Waals surface area contributed by atoms with Crippen molar-refractivity contribution in [1.29, 1.82) is 0 Å². The maximum absolute atomic E-state index is 13.6. The van der Waals surface area contributed by atoms with Gasteiger partial charge in [-0.2, -0.15) is 0 Å². The van der Waals surface area contributed by atoms with Crippen LogP contribution in [0.5, 0.6) is 0 Å². The molecule has 1 unspecified atom stereocenters. The van der Waals surface area contributed by atoms with Crippen LogP contribution in [-0.4, -0.2) is 0 Å². The van der Waals surface area contributed by atoms with E-state index in [2.05, 4.69) is 15.9 Å². The molecule has 1 atom stereocenters. The van der Waals surface area contributed by atoms with Gasteiger partial charge in [-0.3, -0.25) is 0 Å². The van der Waals surface area contributed by atoms with Gasteiger partial charge < -0.3 is 5.73 Å². The summed E-state index contributed by atoms with van der Waals surface area (Å²) >= 11 is 3.39. The minimum absolute atomic E-state index is 0.0618. The molecule has 2 N–H and O–H groups in total. The molecule has 4 heteroatoms. The van der Waals surface area contributed by atoms with Crippen molar-refractivity contribution in [3.63, 3.8) is 0 Å². The highest BCUT2D eigenvalue weighted by Gasteiger charge is 2.17. The Labute approximate surface area is 113 Å². The van der Waals surface area contributed by atoms with Crippen LogP contribution in [0.2, 0.25) is 0 Å². The number of benzene rings is 2. The van der Waals surface area contributed by atoms with Crippen molar-refractivity contribution >= 4 is 15.9 Å². The fraction of sp³-hybridized carbons (Fsp3) is 0.143. The molecule has 2 rings (SSSR count). The molecule has 0 spiro atoms. The van der Waals surface area contributed by atoms with Gasteiger partial charge in [-0.25, -0.2) is 8.78 Å². The summed E-state index contributed by atoms with van der Waals surface area (Å²) in [6.07, 6.45) is 0.374. The van der Waals surface area contributed by atoms with Crippen molar-refractivity contribution in [1.82, 2.24) is 0 Å². The monoisotopic (exact) mass is 311 g/mol. The van der Waals surface area contributed by atoms with E-state index in [0.29, 0.717) is 6.42 Å². The molecule has 0 heterocycles. The second-order valence-electron chi connectivity index (χ2n) is 4.04. The minimum atomic E-state index is -0.704. The summed E-state index contributed by atoms with van der Waals surface area (Å²) in [6, 6.07) is 10.6. The summed E-state index contributed by atoms with van der Waals surface area (Å²) in [5.74, 6) is -1.20. The van der Waals surface area contributed by atoms with Crippen molar-refractivity contribution in [2.75, 3.05) is 0 Å². The third-order valence-corrected chi connectivity index (χ3v) is 3.54. The first kappa shape index (κ1) is 13.2. The van der Waals surface area contributed by atoms with Crippen LogP contribution in [0.4, 0.5) is 8.78 Å². The van der Waals surface area contributed by atoms with E-state index in [1.165, 1.54) is 18.2 Å². The van der Waals surface area contributed by atoms with Crippen LogP contribution in [0.15, 0.2) is 46.9 Å². The summed E-state index contributed by atoms with van der Waals surface area (Å²) in [4.78, 5) is 0. The molecule has 0 amide bonds. The second-order valence-corrected chi connectivity index (χ2v) is 4.89. The molecule has 0 saturated carbocycles. The van der Waals surface area contributed by atoms with E-state index in [1.54, 1.807) is 0 Å². The Hall–Kier alpha value is -1.26. The lowest BCUT2D eigenvalue weighted by atomic mass is 9.99. The molecule has 0 aliphatic carbocycles. The van der Waals surface area contributed by atoms with Gasteiger partial charge in [0, 0.05) is 16.1 Å². The van der Waals surface area contributed by atoms with Crippen LogP contribution in [-0.2, 0) is 6.42 Å². The summed E-state index contributed by atoms with van der Waals surface area (Å²) < 4.78 is 28.0. The molecule has 0 radical (unpaired) electrons. The van der Waals surface area contributed by atoms with E-state index < -0.39 is 17.7 Å². The van der Waals surface area contributed by atoms with Crippen LogP contribution in [0.1, 0.15) is 17.2 Å².